The average molecular weight is 350 g/mol. The van der Waals surface area contributed by atoms with Crippen molar-refractivity contribution in [3.8, 4) is 11.5 Å². The molecule has 2 aromatic carbocycles. The van der Waals surface area contributed by atoms with Crippen LogP contribution >= 0.6 is 15.9 Å². The minimum atomic E-state index is -0.00602. The summed E-state index contributed by atoms with van der Waals surface area (Å²) in [5.41, 5.74) is 8.19. The Labute approximate surface area is 134 Å². The van der Waals surface area contributed by atoms with Gasteiger partial charge in [-0.1, -0.05) is 34.1 Å². The summed E-state index contributed by atoms with van der Waals surface area (Å²) in [6, 6.07) is 13.9. The number of nitrogens with two attached hydrogens (primary N) is 1. The summed E-state index contributed by atoms with van der Waals surface area (Å²) in [7, 11) is 1.71. The third-order valence-corrected chi connectivity index (χ3v) is 3.90. The van der Waals surface area contributed by atoms with Crippen molar-refractivity contribution in [2.45, 2.75) is 19.4 Å². The van der Waals surface area contributed by atoms with Crippen molar-refractivity contribution in [3.63, 3.8) is 0 Å². The number of methoxy groups -OCH3 is 1. The van der Waals surface area contributed by atoms with Gasteiger partial charge in [-0.15, -0.1) is 0 Å². The topological polar surface area (TPSA) is 44.5 Å². The number of hydrogen-bond donors (Lipinski definition) is 1. The van der Waals surface area contributed by atoms with Gasteiger partial charge in [0.05, 0.1) is 6.61 Å². The van der Waals surface area contributed by atoms with Crippen LogP contribution in [-0.4, -0.2) is 13.7 Å². The van der Waals surface area contributed by atoms with Crippen LogP contribution in [0.2, 0.25) is 0 Å². The molecule has 0 heterocycles. The minimum absolute atomic E-state index is 0.00602. The van der Waals surface area contributed by atoms with Crippen molar-refractivity contribution in [1.29, 1.82) is 0 Å². The zero-order chi connectivity index (χ0) is 15.2. The fourth-order valence-electron chi connectivity index (χ4n) is 2.02. The molecule has 0 saturated carbocycles. The second kappa shape index (κ2) is 7.59. The van der Waals surface area contributed by atoms with Gasteiger partial charge in [-0.2, -0.15) is 0 Å². The van der Waals surface area contributed by atoms with Gasteiger partial charge >= 0.3 is 0 Å². The second-order valence-corrected chi connectivity index (χ2v) is 5.82. The van der Waals surface area contributed by atoms with Gasteiger partial charge in [0.15, 0.2) is 0 Å². The van der Waals surface area contributed by atoms with E-state index in [2.05, 4.69) is 28.1 Å². The smallest absolute Gasteiger partial charge is 0.128 e. The highest BCUT2D eigenvalue weighted by Gasteiger charge is 2.07. The van der Waals surface area contributed by atoms with Gasteiger partial charge in [0.25, 0.3) is 0 Å². The Morgan fingerprint density at radius 3 is 2.33 bits per heavy atom. The standard InChI is InChI=1S/C17H20BrNO2/c1-12(19)16-8-7-15(11-17(16)18)21-14-5-3-13(4-6-14)9-10-20-2/h3-8,11-12H,9-10,19H2,1-2H3. The molecule has 21 heavy (non-hydrogen) atoms. The molecule has 1 atom stereocenters. The molecular formula is C17H20BrNO2. The van der Waals surface area contributed by atoms with E-state index in [4.69, 9.17) is 15.2 Å². The number of hydrogen-bond acceptors (Lipinski definition) is 3. The molecule has 4 heteroatoms. The first-order chi connectivity index (χ1) is 10.1. The molecule has 0 aliphatic heterocycles. The van der Waals surface area contributed by atoms with E-state index >= 15 is 0 Å². The lowest BCUT2D eigenvalue weighted by Crippen LogP contribution is -2.05. The maximum Gasteiger partial charge on any atom is 0.128 e. The Kier molecular flexibility index (Phi) is 5.79. The first kappa shape index (κ1) is 16.0. The van der Waals surface area contributed by atoms with Gasteiger partial charge in [-0.05, 0) is 48.7 Å². The van der Waals surface area contributed by atoms with Crippen LogP contribution in [0.1, 0.15) is 24.1 Å². The van der Waals surface area contributed by atoms with Crippen LogP contribution in [-0.2, 0) is 11.2 Å². The molecule has 0 aliphatic rings. The first-order valence-electron chi connectivity index (χ1n) is 6.91. The third-order valence-electron chi connectivity index (χ3n) is 3.22. The quantitative estimate of drug-likeness (QED) is 0.837. The maximum atomic E-state index is 5.89. The van der Waals surface area contributed by atoms with Crippen molar-refractivity contribution in [2.75, 3.05) is 13.7 Å². The van der Waals surface area contributed by atoms with E-state index in [9.17, 15) is 0 Å². The lowest BCUT2D eigenvalue weighted by molar-refractivity contribution is 0.202. The van der Waals surface area contributed by atoms with Crippen LogP contribution in [0.5, 0.6) is 11.5 Å². The van der Waals surface area contributed by atoms with Gasteiger partial charge in [0.1, 0.15) is 11.5 Å². The normalized spacial score (nSPS) is 12.2. The summed E-state index contributed by atoms with van der Waals surface area (Å²) in [5, 5.41) is 0. The summed E-state index contributed by atoms with van der Waals surface area (Å²) in [6.07, 6.45) is 0.908. The predicted octanol–water partition coefficient (Wildman–Crippen LogP) is 4.45. The van der Waals surface area contributed by atoms with Gasteiger partial charge in [0, 0.05) is 17.6 Å². The molecule has 3 nitrogen and oxygen atoms in total. The Bertz CT molecular complexity index is 582. The van der Waals surface area contributed by atoms with Crippen molar-refractivity contribution < 1.29 is 9.47 Å². The van der Waals surface area contributed by atoms with E-state index in [1.54, 1.807) is 7.11 Å². The van der Waals surface area contributed by atoms with E-state index < -0.39 is 0 Å². The van der Waals surface area contributed by atoms with Crippen LogP contribution in [0.25, 0.3) is 0 Å². The van der Waals surface area contributed by atoms with Gasteiger partial charge in [0.2, 0.25) is 0 Å². The van der Waals surface area contributed by atoms with Crippen molar-refractivity contribution in [3.05, 3.63) is 58.1 Å². The molecule has 0 aliphatic carbocycles. The van der Waals surface area contributed by atoms with Crippen LogP contribution in [0, 0.1) is 0 Å². The van der Waals surface area contributed by atoms with Crippen LogP contribution < -0.4 is 10.5 Å². The highest BCUT2D eigenvalue weighted by molar-refractivity contribution is 9.10. The molecule has 2 rings (SSSR count). The molecule has 0 radical (unpaired) electrons. The Morgan fingerprint density at radius 2 is 1.76 bits per heavy atom. The van der Waals surface area contributed by atoms with Crippen molar-refractivity contribution in [2.24, 2.45) is 5.73 Å². The Hall–Kier alpha value is -1.36. The van der Waals surface area contributed by atoms with Crippen LogP contribution in [0.15, 0.2) is 46.9 Å². The molecule has 0 spiro atoms. The predicted molar refractivity (Wildman–Crippen MR) is 88.8 cm³/mol. The van der Waals surface area contributed by atoms with Crippen LogP contribution in [0.4, 0.5) is 0 Å². The van der Waals surface area contributed by atoms with E-state index in [1.807, 2.05) is 37.3 Å². The van der Waals surface area contributed by atoms with Gasteiger partial charge in [-0.3, -0.25) is 0 Å². The second-order valence-electron chi connectivity index (χ2n) is 4.96. The van der Waals surface area contributed by atoms with Gasteiger partial charge in [-0.25, -0.2) is 0 Å². The van der Waals surface area contributed by atoms with E-state index in [1.165, 1.54) is 5.56 Å². The molecule has 0 amide bonds. The highest BCUT2D eigenvalue weighted by Crippen LogP contribution is 2.29. The fourth-order valence-corrected chi connectivity index (χ4v) is 2.74. The first-order valence-corrected chi connectivity index (χ1v) is 7.70. The fraction of sp³-hybridized carbons (Fsp3) is 0.294. The number of benzene rings is 2. The third kappa shape index (κ3) is 4.56. The van der Waals surface area contributed by atoms with Crippen molar-refractivity contribution >= 4 is 15.9 Å². The number of halogens is 1. The monoisotopic (exact) mass is 349 g/mol. The lowest BCUT2D eigenvalue weighted by Gasteiger charge is -2.11. The molecule has 0 saturated heterocycles. The summed E-state index contributed by atoms with van der Waals surface area (Å²) >= 11 is 3.53. The molecule has 0 fully saturated rings. The summed E-state index contributed by atoms with van der Waals surface area (Å²) < 4.78 is 11.9. The lowest BCUT2D eigenvalue weighted by atomic mass is 10.1. The molecule has 1 unspecified atom stereocenters. The van der Waals surface area contributed by atoms with E-state index in [0.29, 0.717) is 0 Å². The summed E-state index contributed by atoms with van der Waals surface area (Å²) in [5.74, 6) is 1.60. The zero-order valence-corrected chi connectivity index (χ0v) is 13.9. The highest BCUT2D eigenvalue weighted by atomic mass is 79.9. The largest absolute Gasteiger partial charge is 0.457 e. The van der Waals surface area contributed by atoms with E-state index in [-0.39, 0.29) is 6.04 Å². The summed E-state index contributed by atoms with van der Waals surface area (Å²) in [6.45, 7) is 2.69. The molecule has 2 N–H and O–H groups in total. The maximum absolute atomic E-state index is 5.89. The van der Waals surface area contributed by atoms with Crippen molar-refractivity contribution in [1.82, 2.24) is 0 Å². The number of rotatable bonds is 6. The van der Waals surface area contributed by atoms with Gasteiger partial charge < -0.3 is 15.2 Å². The Morgan fingerprint density at radius 1 is 1.10 bits per heavy atom. The zero-order valence-electron chi connectivity index (χ0n) is 12.3. The molecular weight excluding hydrogens is 330 g/mol. The molecule has 112 valence electrons. The summed E-state index contributed by atoms with van der Waals surface area (Å²) in [4.78, 5) is 0. The van der Waals surface area contributed by atoms with Crippen LogP contribution in [0.3, 0.4) is 0 Å². The molecule has 0 bridgehead atoms. The average Bonchev–Trinajstić information content (AvgIpc) is 2.46. The molecule has 0 aromatic heterocycles. The minimum Gasteiger partial charge on any atom is -0.457 e. The number of ether oxygens (including phenoxy) is 2. The molecule has 2 aromatic rings. The van der Waals surface area contributed by atoms with E-state index in [0.717, 1.165) is 34.6 Å². The SMILES string of the molecule is COCCc1ccc(Oc2ccc(C(C)N)c(Br)c2)cc1. The Balaban J connectivity index is 2.06.